The van der Waals surface area contributed by atoms with Gasteiger partial charge in [0.25, 0.3) is 0 Å². The van der Waals surface area contributed by atoms with E-state index in [9.17, 15) is 14.3 Å². The minimum absolute atomic E-state index is 0. The SMILES string of the molecule is [2H]c1c([2H])c(-c2c(C3CCOCC3)n([13CH]3[13CH]=[13CH][13C](F)=[13CH][13CH2]3)c3cc4cn[nH]c4cc23)c([2H])c([2H])c1C(=O)O.[HH]. The van der Waals surface area contributed by atoms with E-state index in [1.807, 2.05) is 12.1 Å². The Labute approximate surface area is 202 Å². The van der Waals surface area contributed by atoms with Crippen LogP contribution in [0.25, 0.3) is 32.9 Å². The summed E-state index contributed by atoms with van der Waals surface area (Å²) < 4.78 is 56.2. The number of hydrogen-bond acceptors (Lipinski definition) is 3. The van der Waals surface area contributed by atoms with E-state index >= 15 is 0 Å². The number of carboxylic acid groups (broad SMARTS) is 1. The molecule has 2 N–H and O–H groups in total. The third-order valence-electron chi connectivity index (χ3n) is 6.66. The van der Waals surface area contributed by atoms with Crippen LogP contribution in [0.15, 0.2) is 66.6 Å². The number of ether oxygens (including phenoxy) is 1. The average Bonchev–Trinajstić information content (AvgIpc) is 3.49. The molecule has 0 spiro atoms. The van der Waals surface area contributed by atoms with Gasteiger partial charge >= 0.3 is 5.97 Å². The number of aromatic amines is 1. The predicted octanol–water partition coefficient (Wildman–Crippen LogP) is 6.38. The quantitative estimate of drug-likeness (QED) is 0.340. The van der Waals surface area contributed by atoms with Crippen LogP contribution < -0.4 is 0 Å². The number of halogens is 1. The molecule has 3 heterocycles. The number of benzene rings is 2. The molecule has 1 aliphatic heterocycles. The maximum absolute atomic E-state index is 14.0. The summed E-state index contributed by atoms with van der Waals surface area (Å²) in [5.74, 6) is -1.86. The smallest absolute Gasteiger partial charge is 0.335 e. The van der Waals surface area contributed by atoms with Crippen molar-refractivity contribution in [3.8, 4) is 11.1 Å². The van der Waals surface area contributed by atoms with Gasteiger partial charge in [-0.1, -0.05) is 18.2 Å². The molecule has 2 aliphatic rings. The fourth-order valence-electron chi connectivity index (χ4n) is 5.08. The molecule has 6 rings (SSSR count). The van der Waals surface area contributed by atoms with Crippen molar-refractivity contribution in [3.63, 3.8) is 0 Å². The maximum atomic E-state index is 14.0. The van der Waals surface area contributed by atoms with Gasteiger partial charge in [0.2, 0.25) is 0 Å². The maximum Gasteiger partial charge on any atom is 0.335 e. The summed E-state index contributed by atoms with van der Waals surface area (Å²) in [5.41, 5.74) is 2.26. The van der Waals surface area contributed by atoms with E-state index in [1.165, 1.54) is 12.2 Å². The molecular formula is C27H26FN3O3. The Bertz CT molecular complexity index is 1660. The van der Waals surface area contributed by atoms with Crippen molar-refractivity contribution in [2.24, 2.45) is 0 Å². The second-order valence-electron chi connectivity index (χ2n) is 8.65. The minimum Gasteiger partial charge on any atom is -0.478 e. The number of rotatable bonds is 4. The van der Waals surface area contributed by atoms with Crippen LogP contribution in [0.1, 0.15) is 54.2 Å². The molecule has 174 valence electrons. The highest BCUT2D eigenvalue weighted by molar-refractivity contribution is 6.05. The lowest BCUT2D eigenvalue weighted by Crippen LogP contribution is -2.20. The first-order chi connectivity index (χ1) is 18.3. The van der Waals surface area contributed by atoms with Gasteiger partial charge in [-0.3, -0.25) is 5.10 Å². The number of carboxylic acids is 1. The van der Waals surface area contributed by atoms with Crippen LogP contribution in [-0.4, -0.2) is 39.1 Å². The van der Waals surface area contributed by atoms with Gasteiger partial charge in [-0.2, -0.15) is 5.10 Å². The van der Waals surface area contributed by atoms with Crippen LogP contribution in [0, 0.1) is 0 Å². The van der Waals surface area contributed by atoms with Crippen molar-refractivity contribution in [1.82, 2.24) is 14.8 Å². The first-order valence-electron chi connectivity index (χ1n) is 13.2. The second kappa shape index (κ2) is 8.25. The summed E-state index contributed by atoms with van der Waals surface area (Å²) in [6, 6.07) is 1.57. The minimum atomic E-state index is -1.51. The van der Waals surface area contributed by atoms with E-state index in [0.717, 1.165) is 22.1 Å². The summed E-state index contributed by atoms with van der Waals surface area (Å²) in [6.45, 7) is 1.05. The van der Waals surface area contributed by atoms with Gasteiger partial charge in [0.05, 0.1) is 34.3 Å². The predicted molar refractivity (Wildman–Crippen MR) is 131 cm³/mol. The van der Waals surface area contributed by atoms with Gasteiger partial charge < -0.3 is 14.4 Å². The molecular weight excluding hydrogens is 439 g/mol. The molecule has 1 unspecified atom stereocenters. The number of H-pyrrole nitrogens is 1. The molecule has 2 aromatic carbocycles. The third-order valence-corrected chi connectivity index (χ3v) is 6.66. The molecule has 2 aromatic heterocycles. The van der Waals surface area contributed by atoms with E-state index in [-0.39, 0.29) is 24.8 Å². The lowest BCUT2D eigenvalue weighted by atomic mass is 9.90. The van der Waals surface area contributed by atoms with E-state index in [4.69, 9.17) is 10.2 Å². The van der Waals surface area contributed by atoms with Crippen molar-refractivity contribution in [1.29, 1.82) is 0 Å². The highest BCUT2D eigenvalue weighted by Crippen LogP contribution is 2.45. The van der Waals surface area contributed by atoms with Crippen LogP contribution in [0.5, 0.6) is 0 Å². The number of allylic oxidation sites excluding steroid dienone is 4. The normalized spacial score (nSPS) is 20.7. The molecule has 6 nitrogen and oxygen atoms in total. The number of fused-ring (bicyclic) bond motifs is 2. The Morgan fingerprint density at radius 2 is 2.06 bits per heavy atom. The Balaban J connectivity index is 0.00000308. The van der Waals surface area contributed by atoms with Crippen molar-refractivity contribution >= 4 is 27.8 Å². The number of aromatic nitrogens is 3. The number of aromatic carboxylic acids is 1. The Hall–Kier alpha value is -3.71. The topological polar surface area (TPSA) is 80.1 Å². The molecule has 0 bridgehead atoms. The molecule has 1 atom stereocenters. The average molecular weight is 469 g/mol. The second-order valence-corrected chi connectivity index (χ2v) is 8.65. The van der Waals surface area contributed by atoms with E-state index in [0.29, 0.717) is 43.4 Å². The zero-order valence-corrected chi connectivity index (χ0v) is 18.2. The van der Waals surface area contributed by atoms with Crippen LogP contribution in [0.4, 0.5) is 4.39 Å². The molecule has 34 heavy (non-hydrogen) atoms. The molecule has 0 saturated carbocycles. The van der Waals surface area contributed by atoms with Crippen molar-refractivity contribution in [2.75, 3.05) is 13.2 Å². The van der Waals surface area contributed by atoms with Crippen molar-refractivity contribution in [3.05, 3.63) is 77.8 Å². The first kappa shape index (κ1) is 16.8. The lowest BCUT2D eigenvalue weighted by molar-refractivity contribution is 0.0697. The standard InChI is InChI=1S/C27H24FN3O3.H2/c28-20-5-7-21(8-6-20)31-24-13-19-15-29-30-23(19)14-22(24)25(26(31)17-9-11-34-12-10-17)16-1-3-18(4-2-16)27(32)33;/h1-7,13-15,17,21H,8-12H2,(H,29,30)(H,32,33);1H/i1D,2D,3D,4D,5+1,6+1,7+1,8+1,20+1,21+1;. The van der Waals surface area contributed by atoms with Gasteiger partial charge in [-0.15, -0.1) is 0 Å². The first-order valence-corrected chi connectivity index (χ1v) is 11.2. The number of nitrogens with zero attached hydrogens (tertiary/aromatic N) is 2. The van der Waals surface area contributed by atoms with Gasteiger partial charge in [0.1, 0.15) is 5.83 Å². The highest BCUT2D eigenvalue weighted by atomic mass is 19.2. The van der Waals surface area contributed by atoms with Crippen LogP contribution >= 0.6 is 0 Å². The zero-order chi connectivity index (χ0) is 26.7. The van der Waals surface area contributed by atoms with Crippen LogP contribution in [-0.2, 0) is 4.74 Å². The molecule has 1 saturated heterocycles. The van der Waals surface area contributed by atoms with Gasteiger partial charge in [0.15, 0.2) is 0 Å². The summed E-state index contributed by atoms with van der Waals surface area (Å²) in [4.78, 5) is 11.8. The van der Waals surface area contributed by atoms with E-state index in [2.05, 4.69) is 14.8 Å². The summed E-state index contributed by atoms with van der Waals surface area (Å²) in [5, 5.41) is 18.2. The molecule has 4 aromatic rings. The molecule has 0 amide bonds. The van der Waals surface area contributed by atoms with E-state index in [1.54, 1.807) is 12.3 Å². The Morgan fingerprint density at radius 3 is 2.76 bits per heavy atom. The van der Waals surface area contributed by atoms with E-state index < -0.39 is 35.7 Å². The largest absolute Gasteiger partial charge is 0.478 e. The van der Waals surface area contributed by atoms with Crippen LogP contribution in [0.3, 0.4) is 0 Å². The fraction of sp³-hybridized carbons (Fsp3) is 0.259. The summed E-state index contributed by atoms with van der Waals surface area (Å²) in [7, 11) is 0. The Morgan fingerprint density at radius 1 is 1.26 bits per heavy atom. The number of carbonyl (C=O) groups is 1. The number of nitrogens with one attached hydrogen (secondary N) is 1. The summed E-state index contributed by atoms with van der Waals surface area (Å²) >= 11 is 0. The highest BCUT2D eigenvalue weighted by Gasteiger charge is 2.30. The van der Waals surface area contributed by atoms with Gasteiger partial charge in [0, 0.05) is 42.6 Å². The lowest BCUT2D eigenvalue weighted by Gasteiger charge is -2.29. The fourth-order valence-corrected chi connectivity index (χ4v) is 5.08. The van der Waals surface area contributed by atoms with Gasteiger partial charge in [-0.05, 0) is 61.2 Å². The molecule has 1 fully saturated rings. The van der Waals surface area contributed by atoms with Crippen molar-refractivity contribution in [2.45, 2.75) is 31.2 Å². The Kier molecular flexibility index (Phi) is 4.09. The number of hydrogen-bond donors (Lipinski definition) is 2. The van der Waals surface area contributed by atoms with Crippen molar-refractivity contribution < 1.29 is 25.9 Å². The summed E-state index contributed by atoms with van der Waals surface area (Å²) in [6.07, 6.45) is 8.21. The third kappa shape index (κ3) is 3.44. The van der Waals surface area contributed by atoms with Gasteiger partial charge in [-0.25, -0.2) is 9.18 Å². The molecule has 0 radical (unpaired) electrons. The zero-order valence-electron chi connectivity index (χ0n) is 22.2. The molecule has 7 heteroatoms. The van der Waals surface area contributed by atoms with Crippen LogP contribution in [0.2, 0.25) is 0 Å². The molecule has 1 aliphatic carbocycles. The monoisotopic (exact) mass is 469 g/mol.